The number of nitrogens with zero attached hydrogens (tertiary/aromatic N) is 1. The SMILES string of the molecule is Cc1nc(CC(CNC2CC2)c2ccccc2)cs1. The maximum Gasteiger partial charge on any atom is 0.0897 e. The summed E-state index contributed by atoms with van der Waals surface area (Å²) in [5.41, 5.74) is 2.65. The highest BCUT2D eigenvalue weighted by atomic mass is 32.1. The van der Waals surface area contributed by atoms with Crippen LogP contribution in [-0.2, 0) is 6.42 Å². The van der Waals surface area contributed by atoms with Crippen molar-refractivity contribution in [2.45, 2.75) is 38.1 Å². The Morgan fingerprint density at radius 3 is 2.74 bits per heavy atom. The third-order valence-electron chi connectivity index (χ3n) is 3.62. The highest BCUT2D eigenvalue weighted by Crippen LogP contribution is 2.24. The molecule has 1 unspecified atom stereocenters. The summed E-state index contributed by atoms with van der Waals surface area (Å²) in [5, 5.41) is 7.02. The molecule has 1 saturated carbocycles. The van der Waals surface area contributed by atoms with Crippen LogP contribution in [0.15, 0.2) is 35.7 Å². The molecule has 0 spiro atoms. The fraction of sp³-hybridized carbons (Fsp3) is 0.438. The number of benzene rings is 1. The second-order valence-electron chi connectivity index (χ2n) is 5.35. The lowest BCUT2D eigenvalue weighted by Crippen LogP contribution is -2.24. The Balaban J connectivity index is 1.71. The van der Waals surface area contributed by atoms with Gasteiger partial charge in [0.2, 0.25) is 0 Å². The summed E-state index contributed by atoms with van der Waals surface area (Å²) in [7, 11) is 0. The summed E-state index contributed by atoms with van der Waals surface area (Å²) in [4.78, 5) is 4.61. The number of nitrogens with one attached hydrogen (secondary N) is 1. The molecule has 100 valence electrons. The van der Waals surface area contributed by atoms with E-state index in [-0.39, 0.29) is 0 Å². The molecule has 1 atom stereocenters. The molecule has 0 amide bonds. The number of aromatic nitrogens is 1. The normalized spacial score (nSPS) is 16.5. The first-order chi connectivity index (χ1) is 9.31. The van der Waals surface area contributed by atoms with Crippen molar-refractivity contribution in [3.8, 4) is 0 Å². The van der Waals surface area contributed by atoms with Gasteiger partial charge >= 0.3 is 0 Å². The van der Waals surface area contributed by atoms with Crippen LogP contribution in [0.1, 0.15) is 35.0 Å². The van der Waals surface area contributed by atoms with Gasteiger partial charge in [0.1, 0.15) is 0 Å². The van der Waals surface area contributed by atoms with Gasteiger partial charge < -0.3 is 5.32 Å². The Kier molecular flexibility index (Phi) is 3.95. The van der Waals surface area contributed by atoms with Gasteiger partial charge in [-0.05, 0) is 31.7 Å². The summed E-state index contributed by atoms with van der Waals surface area (Å²) in [6, 6.07) is 11.6. The number of hydrogen-bond acceptors (Lipinski definition) is 3. The molecule has 2 nitrogen and oxygen atoms in total. The fourth-order valence-electron chi connectivity index (χ4n) is 2.38. The van der Waals surface area contributed by atoms with Crippen LogP contribution in [0.3, 0.4) is 0 Å². The summed E-state index contributed by atoms with van der Waals surface area (Å²) < 4.78 is 0. The van der Waals surface area contributed by atoms with Gasteiger partial charge in [-0.2, -0.15) is 0 Å². The number of thiazole rings is 1. The predicted octanol–water partition coefficient (Wildman–Crippen LogP) is 3.53. The molecule has 1 aromatic carbocycles. The van der Waals surface area contributed by atoms with Crippen LogP contribution in [-0.4, -0.2) is 17.6 Å². The highest BCUT2D eigenvalue weighted by molar-refractivity contribution is 7.09. The van der Waals surface area contributed by atoms with Crippen molar-refractivity contribution in [1.29, 1.82) is 0 Å². The topological polar surface area (TPSA) is 24.9 Å². The second-order valence-corrected chi connectivity index (χ2v) is 6.41. The van der Waals surface area contributed by atoms with Gasteiger partial charge in [-0.1, -0.05) is 30.3 Å². The minimum atomic E-state index is 0.531. The minimum absolute atomic E-state index is 0.531. The van der Waals surface area contributed by atoms with Crippen molar-refractivity contribution >= 4 is 11.3 Å². The third-order valence-corrected chi connectivity index (χ3v) is 4.45. The summed E-state index contributed by atoms with van der Waals surface area (Å²) in [6.45, 7) is 3.14. The quantitative estimate of drug-likeness (QED) is 0.870. The van der Waals surface area contributed by atoms with Gasteiger partial charge in [0, 0.05) is 23.9 Å². The molecule has 1 N–H and O–H groups in total. The van der Waals surface area contributed by atoms with E-state index in [0.717, 1.165) is 24.0 Å². The van der Waals surface area contributed by atoms with Gasteiger partial charge in [0.05, 0.1) is 10.7 Å². The van der Waals surface area contributed by atoms with E-state index < -0.39 is 0 Å². The fourth-order valence-corrected chi connectivity index (χ4v) is 3.01. The van der Waals surface area contributed by atoms with Gasteiger partial charge in [0.15, 0.2) is 0 Å². The molecule has 0 bridgehead atoms. The zero-order valence-electron chi connectivity index (χ0n) is 11.3. The first-order valence-corrected chi connectivity index (χ1v) is 7.88. The molecule has 1 aliphatic carbocycles. The van der Waals surface area contributed by atoms with Crippen LogP contribution in [0.25, 0.3) is 0 Å². The zero-order chi connectivity index (χ0) is 13.1. The van der Waals surface area contributed by atoms with E-state index in [1.807, 2.05) is 0 Å². The molecule has 0 aliphatic heterocycles. The van der Waals surface area contributed by atoms with Crippen LogP contribution in [0.5, 0.6) is 0 Å². The van der Waals surface area contributed by atoms with Crippen molar-refractivity contribution in [2.75, 3.05) is 6.54 Å². The van der Waals surface area contributed by atoms with Gasteiger partial charge in [-0.3, -0.25) is 0 Å². The number of rotatable bonds is 6. The first kappa shape index (κ1) is 12.8. The van der Waals surface area contributed by atoms with E-state index in [0.29, 0.717) is 5.92 Å². The average Bonchev–Trinajstić information content (AvgIpc) is 3.18. The molecule has 2 aromatic rings. The molecule has 19 heavy (non-hydrogen) atoms. The molecular formula is C16H20N2S. The van der Waals surface area contributed by atoms with Crippen LogP contribution in [0, 0.1) is 6.92 Å². The van der Waals surface area contributed by atoms with E-state index in [9.17, 15) is 0 Å². The van der Waals surface area contributed by atoms with Gasteiger partial charge in [-0.25, -0.2) is 4.98 Å². The predicted molar refractivity (Wildman–Crippen MR) is 80.8 cm³/mol. The molecule has 1 aromatic heterocycles. The molecule has 3 rings (SSSR count). The summed E-state index contributed by atoms with van der Waals surface area (Å²) in [6.07, 6.45) is 3.72. The van der Waals surface area contributed by atoms with Crippen LogP contribution >= 0.6 is 11.3 Å². The number of hydrogen-bond donors (Lipinski definition) is 1. The monoisotopic (exact) mass is 272 g/mol. The second kappa shape index (κ2) is 5.85. The first-order valence-electron chi connectivity index (χ1n) is 7.00. The van der Waals surface area contributed by atoms with Crippen LogP contribution < -0.4 is 5.32 Å². The molecule has 3 heteroatoms. The molecule has 0 radical (unpaired) electrons. The lowest BCUT2D eigenvalue weighted by atomic mass is 9.94. The van der Waals surface area contributed by atoms with E-state index in [4.69, 9.17) is 0 Å². The van der Waals surface area contributed by atoms with Crippen molar-refractivity contribution in [1.82, 2.24) is 10.3 Å². The largest absolute Gasteiger partial charge is 0.313 e. The lowest BCUT2D eigenvalue weighted by molar-refractivity contribution is 0.573. The summed E-state index contributed by atoms with van der Waals surface area (Å²) >= 11 is 1.75. The molecule has 1 aliphatic rings. The standard InChI is InChI=1S/C16H20N2S/c1-12-18-16(11-19-12)9-14(10-17-15-7-8-15)13-5-3-2-4-6-13/h2-6,11,14-15,17H,7-10H2,1H3. The van der Waals surface area contributed by atoms with Crippen molar-refractivity contribution in [3.63, 3.8) is 0 Å². The van der Waals surface area contributed by atoms with Gasteiger partial charge in [0.25, 0.3) is 0 Å². The molecule has 1 heterocycles. The minimum Gasteiger partial charge on any atom is -0.313 e. The Labute approximate surface area is 118 Å². The van der Waals surface area contributed by atoms with Crippen molar-refractivity contribution in [2.24, 2.45) is 0 Å². The van der Waals surface area contributed by atoms with Crippen molar-refractivity contribution < 1.29 is 0 Å². The molecule has 1 fully saturated rings. The smallest absolute Gasteiger partial charge is 0.0897 e. The number of aryl methyl sites for hydroxylation is 1. The molecule has 0 saturated heterocycles. The van der Waals surface area contributed by atoms with Gasteiger partial charge in [-0.15, -0.1) is 11.3 Å². The summed E-state index contributed by atoms with van der Waals surface area (Å²) in [5.74, 6) is 0.531. The molecular weight excluding hydrogens is 252 g/mol. The van der Waals surface area contributed by atoms with Crippen LogP contribution in [0.4, 0.5) is 0 Å². The van der Waals surface area contributed by atoms with E-state index >= 15 is 0 Å². The average molecular weight is 272 g/mol. The van der Waals surface area contributed by atoms with Crippen LogP contribution in [0.2, 0.25) is 0 Å². The van der Waals surface area contributed by atoms with E-state index in [1.54, 1.807) is 11.3 Å². The third kappa shape index (κ3) is 3.64. The lowest BCUT2D eigenvalue weighted by Gasteiger charge is -2.17. The Bertz CT molecular complexity index is 517. The Morgan fingerprint density at radius 1 is 1.32 bits per heavy atom. The highest BCUT2D eigenvalue weighted by Gasteiger charge is 2.22. The maximum absolute atomic E-state index is 4.61. The Hall–Kier alpha value is -1.19. The maximum atomic E-state index is 4.61. The van der Waals surface area contributed by atoms with E-state index in [2.05, 4.69) is 52.9 Å². The van der Waals surface area contributed by atoms with E-state index in [1.165, 1.54) is 24.1 Å². The zero-order valence-corrected chi connectivity index (χ0v) is 12.1. The van der Waals surface area contributed by atoms with Crippen molar-refractivity contribution in [3.05, 3.63) is 52.0 Å². The Morgan fingerprint density at radius 2 is 2.11 bits per heavy atom.